The van der Waals surface area contributed by atoms with Gasteiger partial charge < -0.3 is 10.6 Å². The standard InChI is InChI=1S/C15H23N5/c1-13(2)10-16-8-9-17-11-14-12-18-20(19-14)15-6-4-3-5-7-15/h3-7,12-13,16-17H,8-11H2,1-2H3. The van der Waals surface area contributed by atoms with Crippen LogP contribution in [0.15, 0.2) is 36.5 Å². The van der Waals surface area contributed by atoms with Crippen molar-refractivity contribution in [2.45, 2.75) is 20.4 Å². The van der Waals surface area contributed by atoms with Crippen LogP contribution in [0, 0.1) is 5.92 Å². The number of hydrogen-bond donors (Lipinski definition) is 2. The lowest BCUT2D eigenvalue weighted by Gasteiger charge is -2.07. The summed E-state index contributed by atoms with van der Waals surface area (Å²) in [6.07, 6.45) is 1.81. The van der Waals surface area contributed by atoms with E-state index in [4.69, 9.17) is 0 Å². The molecule has 0 unspecified atom stereocenters. The molecule has 0 atom stereocenters. The first-order valence-corrected chi connectivity index (χ1v) is 7.14. The van der Waals surface area contributed by atoms with Gasteiger partial charge in [-0.2, -0.15) is 15.0 Å². The van der Waals surface area contributed by atoms with Crippen molar-refractivity contribution in [3.8, 4) is 5.69 Å². The second-order valence-corrected chi connectivity index (χ2v) is 5.24. The van der Waals surface area contributed by atoms with Crippen LogP contribution < -0.4 is 10.6 Å². The quantitative estimate of drug-likeness (QED) is 0.717. The normalized spacial score (nSPS) is 11.2. The maximum atomic E-state index is 4.45. The molecule has 2 aromatic rings. The summed E-state index contributed by atoms with van der Waals surface area (Å²) in [6.45, 7) is 8.14. The zero-order valence-corrected chi connectivity index (χ0v) is 12.2. The van der Waals surface area contributed by atoms with Crippen LogP contribution in [0.5, 0.6) is 0 Å². The van der Waals surface area contributed by atoms with Gasteiger partial charge in [0.25, 0.3) is 0 Å². The average molecular weight is 273 g/mol. The Labute approximate surface area is 120 Å². The molecule has 2 rings (SSSR count). The number of benzene rings is 1. The molecule has 0 fully saturated rings. The lowest BCUT2D eigenvalue weighted by atomic mass is 10.2. The molecule has 108 valence electrons. The van der Waals surface area contributed by atoms with Crippen LogP contribution >= 0.6 is 0 Å². The maximum Gasteiger partial charge on any atom is 0.0969 e. The van der Waals surface area contributed by atoms with Crippen molar-refractivity contribution in [2.24, 2.45) is 5.92 Å². The van der Waals surface area contributed by atoms with E-state index in [1.54, 1.807) is 4.80 Å². The van der Waals surface area contributed by atoms with E-state index in [0.29, 0.717) is 5.92 Å². The van der Waals surface area contributed by atoms with E-state index in [1.807, 2.05) is 36.5 Å². The Morgan fingerprint density at radius 1 is 1.10 bits per heavy atom. The minimum absolute atomic E-state index is 0.695. The zero-order chi connectivity index (χ0) is 14.2. The van der Waals surface area contributed by atoms with E-state index in [-0.39, 0.29) is 0 Å². The molecular weight excluding hydrogens is 250 g/mol. The van der Waals surface area contributed by atoms with Gasteiger partial charge in [-0.25, -0.2) is 0 Å². The lowest BCUT2D eigenvalue weighted by Crippen LogP contribution is -2.29. The van der Waals surface area contributed by atoms with Gasteiger partial charge in [0.1, 0.15) is 0 Å². The van der Waals surface area contributed by atoms with E-state index in [1.165, 1.54) is 0 Å². The molecule has 0 aliphatic carbocycles. The van der Waals surface area contributed by atoms with E-state index in [2.05, 4.69) is 34.7 Å². The van der Waals surface area contributed by atoms with Crippen LogP contribution in [0.2, 0.25) is 0 Å². The van der Waals surface area contributed by atoms with E-state index in [9.17, 15) is 0 Å². The van der Waals surface area contributed by atoms with Gasteiger partial charge in [0.2, 0.25) is 0 Å². The average Bonchev–Trinajstić information content (AvgIpc) is 2.92. The first-order valence-electron chi connectivity index (χ1n) is 7.14. The lowest BCUT2D eigenvalue weighted by molar-refractivity contribution is 0.533. The van der Waals surface area contributed by atoms with E-state index in [0.717, 1.165) is 37.6 Å². The molecule has 5 nitrogen and oxygen atoms in total. The second kappa shape index (κ2) is 7.77. The largest absolute Gasteiger partial charge is 0.315 e. The Hall–Kier alpha value is -1.72. The summed E-state index contributed by atoms with van der Waals surface area (Å²) in [5.41, 5.74) is 1.94. The van der Waals surface area contributed by atoms with Crippen molar-refractivity contribution in [3.05, 3.63) is 42.2 Å². The first kappa shape index (κ1) is 14.7. The molecule has 0 aliphatic rings. The van der Waals surface area contributed by atoms with Crippen LogP contribution in [0.4, 0.5) is 0 Å². The smallest absolute Gasteiger partial charge is 0.0969 e. The third-order valence-corrected chi connectivity index (χ3v) is 2.86. The molecule has 5 heteroatoms. The topological polar surface area (TPSA) is 54.8 Å². The van der Waals surface area contributed by atoms with E-state index >= 15 is 0 Å². The van der Waals surface area contributed by atoms with Gasteiger partial charge in [-0.3, -0.25) is 0 Å². The van der Waals surface area contributed by atoms with E-state index < -0.39 is 0 Å². The Kier molecular flexibility index (Phi) is 5.70. The van der Waals surface area contributed by atoms with Crippen molar-refractivity contribution in [2.75, 3.05) is 19.6 Å². The highest BCUT2D eigenvalue weighted by Gasteiger charge is 2.01. The van der Waals surface area contributed by atoms with Crippen molar-refractivity contribution in [1.29, 1.82) is 0 Å². The maximum absolute atomic E-state index is 4.45. The number of nitrogens with one attached hydrogen (secondary N) is 2. The number of para-hydroxylation sites is 1. The first-order chi connectivity index (χ1) is 9.75. The highest BCUT2D eigenvalue weighted by atomic mass is 15.5. The molecule has 0 aliphatic heterocycles. The van der Waals surface area contributed by atoms with Gasteiger partial charge in [-0.05, 0) is 24.6 Å². The van der Waals surface area contributed by atoms with Crippen LogP contribution in [0.25, 0.3) is 5.69 Å². The Balaban J connectivity index is 1.71. The van der Waals surface area contributed by atoms with Crippen molar-refractivity contribution in [3.63, 3.8) is 0 Å². The molecule has 1 aromatic heterocycles. The number of hydrogen-bond acceptors (Lipinski definition) is 4. The predicted molar refractivity (Wildman–Crippen MR) is 80.8 cm³/mol. The summed E-state index contributed by atoms with van der Waals surface area (Å²) in [6, 6.07) is 9.94. The Morgan fingerprint density at radius 3 is 2.60 bits per heavy atom. The molecular formula is C15H23N5. The summed E-state index contributed by atoms with van der Waals surface area (Å²) in [7, 11) is 0. The van der Waals surface area contributed by atoms with Crippen molar-refractivity contribution in [1.82, 2.24) is 25.6 Å². The molecule has 20 heavy (non-hydrogen) atoms. The van der Waals surface area contributed by atoms with Gasteiger partial charge in [0.15, 0.2) is 0 Å². The summed E-state index contributed by atoms with van der Waals surface area (Å²) >= 11 is 0. The molecule has 0 amide bonds. The summed E-state index contributed by atoms with van der Waals surface area (Å²) in [4.78, 5) is 1.66. The highest BCUT2D eigenvalue weighted by Crippen LogP contribution is 2.03. The number of rotatable bonds is 8. The Bertz CT molecular complexity index is 492. The second-order valence-electron chi connectivity index (χ2n) is 5.24. The third kappa shape index (κ3) is 4.75. The number of nitrogens with zero attached hydrogens (tertiary/aromatic N) is 3. The zero-order valence-electron chi connectivity index (χ0n) is 12.2. The minimum Gasteiger partial charge on any atom is -0.315 e. The van der Waals surface area contributed by atoms with Gasteiger partial charge in [0, 0.05) is 19.6 Å². The molecule has 0 bridgehead atoms. The molecule has 0 spiro atoms. The fraction of sp³-hybridized carbons (Fsp3) is 0.467. The molecule has 1 aromatic carbocycles. The fourth-order valence-electron chi connectivity index (χ4n) is 1.85. The molecule has 0 radical (unpaired) electrons. The number of aromatic nitrogens is 3. The van der Waals surface area contributed by atoms with Crippen LogP contribution in [-0.2, 0) is 6.54 Å². The summed E-state index contributed by atoms with van der Waals surface area (Å²) in [5, 5.41) is 15.5. The molecule has 0 saturated carbocycles. The van der Waals surface area contributed by atoms with Gasteiger partial charge in [-0.15, -0.1) is 0 Å². The van der Waals surface area contributed by atoms with Gasteiger partial charge in [0.05, 0.1) is 17.6 Å². The molecule has 1 heterocycles. The van der Waals surface area contributed by atoms with Crippen LogP contribution in [0.3, 0.4) is 0 Å². The summed E-state index contributed by atoms with van der Waals surface area (Å²) in [5.74, 6) is 0.695. The highest BCUT2D eigenvalue weighted by molar-refractivity contribution is 5.28. The van der Waals surface area contributed by atoms with Gasteiger partial charge >= 0.3 is 0 Å². The van der Waals surface area contributed by atoms with Crippen molar-refractivity contribution >= 4 is 0 Å². The third-order valence-electron chi connectivity index (χ3n) is 2.86. The van der Waals surface area contributed by atoms with Crippen LogP contribution in [-0.4, -0.2) is 34.6 Å². The molecule has 2 N–H and O–H groups in total. The Morgan fingerprint density at radius 2 is 1.85 bits per heavy atom. The van der Waals surface area contributed by atoms with Crippen LogP contribution in [0.1, 0.15) is 19.5 Å². The minimum atomic E-state index is 0.695. The monoisotopic (exact) mass is 273 g/mol. The van der Waals surface area contributed by atoms with Gasteiger partial charge in [-0.1, -0.05) is 32.0 Å². The van der Waals surface area contributed by atoms with Crippen molar-refractivity contribution < 1.29 is 0 Å². The summed E-state index contributed by atoms with van der Waals surface area (Å²) < 4.78 is 0. The fourth-order valence-corrected chi connectivity index (χ4v) is 1.85. The SMILES string of the molecule is CC(C)CNCCNCc1cnn(-c2ccccc2)n1. The molecule has 0 saturated heterocycles. The predicted octanol–water partition coefficient (Wildman–Crippen LogP) is 1.60.